The Kier molecular flexibility index (Phi) is 14.7. The molecule has 0 unspecified atom stereocenters. The predicted molar refractivity (Wildman–Crippen MR) is 178 cm³/mol. The molecule has 4 N–H and O–H groups in total. The van der Waals surface area contributed by atoms with Gasteiger partial charge in [-0.25, -0.2) is 19.8 Å². The average Bonchev–Trinajstić information content (AvgIpc) is 3.39. The van der Waals surface area contributed by atoms with E-state index >= 15 is 0 Å². The Balaban J connectivity index is 0.000000434. The molecular weight excluding hydrogens is 627 g/mol. The van der Waals surface area contributed by atoms with Gasteiger partial charge in [0.25, 0.3) is 5.91 Å². The van der Waals surface area contributed by atoms with E-state index in [0.717, 1.165) is 11.0 Å². The third kappa shape index (κ3) is 10.6. The molecule has 44 heavy (non-hydrogen) atoms. The van der Waals surface area contributed by atoms with Crippen LogP contribution in [0.4, 0.5) is 5.69 Å². The maximum absolute atomic E-state index is 12.6. The summed E-state index contributed by atoms with van der Waals surface area (Å²) in [5.41, 5.74) is 8.17. The zero-order chi connectivity index (χ0) is 32.6. The van der Waals surface area contributed by atoms with Gasteiger partial charge in [-0.05, 0) is 44.2 Å². The van der Waals surface area contributed by atoms with E-state index in [1.807, 2.05) is 18.2 Å². The summed E-state index contributed by atoms with van der Waals surface area (Å²) in [6, 6.07) is 15.5. The summed E-state index contributed by atoms with van der Waals surface area (Å²) in [6.45, 7) is 4.17. The molecule has 0 aliphatic rings. The van der Waals surface area contributed by atoms with Gasteiger partial charge in [-0.3, -0.25) is 4.79 Å². The van der Waals surface area contributed by atoms with Crippen LogP contribution in [0.2, 0.25) is 15.1 Å². The van der Waals surface area contributed by atoms with Crippen molar-refractivity contribution >= 4 is 75.6 Å². The van der Waals surface area contributed by atoms with Crippen LogP contribution in [0.5, 0.6) is 5.75 Å². The minimum Gasteiger partial charge on any atom is -0.495 e. The Hall–Kier alpha value is -4.56. The fourth-order valence-electron chi connectivity index (χ4n) is 3.55. The van der Waals surface area contributed by atoms with Gasteiger partial charge < -0.3 is 25.5 Å². The molecule has 0 aliphatic heterocycles. The third-order valence-electron chi connectivity index (χ3n) is 5.46. The van der Waals surface area contributed by atoms with Crippen molar-refractivity contribution in [3.05, 3.63) is 86.6 Å². The van der Waals surface area contributed by atoms with Gasteiger partial charge in [-0.1, -0.05) is 53.0 Å². The first-order valence-electron chi connectivity index (χ1n) is 13.0. The second-order valence-electron chi connectivity index (χ2n) is 8.58. The molecule has 230 valence electrons. The number of hydrogen-bond acceptors (Lipinski definition) is 6. The summed E-state index contributed by atoms with van der Waals surface area (Å²) in [5.74, 6) is 0.943. The Morgan fingerprint density at radius 3 is 2.32 bits per heavy atom. The number of amidine groups is 1. The summed E-state index contributed by atoms with van der Waals surface area (Å²) in [5, 5.41) is 3.63. The number of carbonyl (C=O) groups is 2. The van der Waals surface area contributed by atoms with Crippen molar-refractivity contribution in [2.45, 2.75) is 20.3 Å². The van der Waals surface area contributed by atoms with Crippen LogP contribution < -0.4 is 15.8 Å². The summed E-state index contributed by atoms with van der Waals surface area (Å²) >= 11 is 18.6. The van der Waals surface area contributed by atoms with Gasteiger partial charge in [-0.2, -0.15) is 0 Å². The molecule has 0 saturated heterocycles. The van der Waals surface area contributed by atoms with Crippen LogP contribution in [-0.4, -0.2) is 54.3 Å². The fraction of sp³-hybridized carbons (Fsp3) is 0.194. The molecule has 10 nitrogen and oxygen atoms in total. The van der Waals surface area contributed by atoms with Crippen LogP contribution >= 0.6 is 34.8 Å². The number of H-pyrrole nitrogens is 1. The number of benzene rings is 3. The molecule has 0 atom stereocenters. The van der Waals surface area contributed by atoms with Crippen LogP contribution in [-0.2, 0) is 11.2 Å². The first kappa shape index (κ1) is 35.6. The van der Waals surface area contributed by atoms with Crippen LogP contribution in [0, 0.1) is 12.8 Å². The first-order chi connectivity index (χ1) is 21.1. The number of nitrogens with one attached hydrogen (secondary N) is 2. The summed E-state index contributed by atoms with van der Waals surface area (Å²) < 4.78 is 9.99. The topological polar surface area (TPSA) is 144 Å². The number of carbonyl (C=O) groups excluding carboxylic acids is 2. The largest absolute Gasteiger partial charge is 0.495 e. The molecule has 13 heteroatoms. The van der Waals surface area contributed by atoms with Crippen LogP contribution in [0.3, 0.4) is 0 Å². The second-order valence-corrected chi connectivity index (χ2v) is 9.80. The first-order valence-corrected chi connectivity index (χ1v) is 14.1. The highest BCUT2D eigenvalue weighted by atomic mass is 35.5. The molecule has 0 radical (unpaired) electrons. The predicted octanol–water partition coefficient (Wildman–Crippen LogP) is 6.65. The number of halogens is 3. The zero-order valence-electron chi connectivity index (χ0n) is 24.2. The third-order valence-corrected chi connectivity index (χ3v) is 6.35. The van der Waals surface area contributed by atoms with Gasteiger partial charge in [0, 0.05) is 19.0 Å². The SMILES string of the molecule is C#C.CCOC(=O)c1ccccc1.COc1cc2nc(CCNC(=O)c3c(Cl)cc(N=CN=C(C)N)cc3Cl)[nH]c2cc1Cl. The lowest BCUT2D eigenvalue weighted by Crippen LogP contribution is -2.26. The molecule has 0 fully saturated rings. The number of methoxy groups -OCH3 is 1. The number of amides is 1. The molecule has 1 heterocycles. The molecule has 3 aromatic carbocycles. The number of aliphatic imine (C=N–C) groups is 2. The normalized spacial score (nSPS) is 10.8. The van der Waals surface area contributed by atoms with E-state index in [0.29, 0.717) is 53.3 Å². The number of aromatic nitrogens is 2. The number of hydrogen-bond donors (Lipinski definition) is 3. The minimum absolute atomic E-state index is 0.168. The van der Waals surface area contributed by atoms with Crippen molar-refractivity contribution in [1.29, 1.82) is 0 Å². The van der Waals surface area contributed by atoms with Crippen LogP contribution in [0.25, 0.3) is 11.0 Å². The Bertz CT molecular complexity index is 1630. The number of fused-ring (bicyclic) bond motifs is 1. The van der Waals surface area contributed by atoms with Crippen molar-refractivity contribution in [3.63, 3.8) is 0 Å². The van der Waals surface area contributed by atoms with Crippen molar-refractivity contribution in [3.8, 4) is 18.6 Å². The highest BCUT2D eigenvalue weighted by molar-refractivity contribution is 6.40. The zero-order valence-corrected chi connectivity index (χ0v) is 26.5. The summed E-state index contributed by atoms with van der Waals surface area (Å²) in [4.78, 5) is 39.2. The summed E-state index contributed by atoms with van der Waals surface area (Å²) in [7, 11) is 1.54. The standard InChI is InChI=1S/C20H19Cl3N6O2.C9H10O2.C2H2/c1-10(24)26-9-27-11-5-13(22)19(14(23)6-11)20(30)25-4-3-18-28-15-7-12(21)17(31-2)8-16(15)29-18;1-2-11-9(10)8-6-4-3-5-7-8;1-2/h5-9H,3-4H2,1-2H3,(H,25,30)(H,28,29)(H2,24,26,27);3-7H,2H2,1H3;1-2H. The molecule has 1 amide bonds. The maximum Gasteiger partial charge on any atom is 0.338 e. The number of esters is 1. The van der Waals surface area contributed by atoms with E-state index in [2.05, 4.69) is 38.1 Å². The van der Waals surface area contributed by atoms with Crippen LogP contribution in [0.15, 0.2) is 64.6 Å². The molecule has 1 aromatic heterocycles. The van der Waals surface area contributed by atoms with E-state index in [1.165, 1.54) is 18.5 Å². The molecule has 0 saturated carbocycles. The van der Waals surface area contributed by atoms with E-state index in [9.17, 15) is 9.59 Å². The second kappa shape index (κ2) is 18.2. The van der Waals surface area contributed by atoms with E-state index in [4.69, 9.17) is 50.0 Å². The number of nitrogens with two attached hydrogens (primary N) is 1. The summed E-state index contributed by atoms with van der Waals surface area (Å²) in [6.07, 6.45) is 9.75. The lowest BCUT2D eigenvalue weighted by Gasteiger charge is -2.09. The number of imidazole rings is 1. The highest BCUT2D eigenvalue weighted by Gasteiger charge is 2.16. The quantitative estimate of drug-likeness (QED) is 0.0795. The van der Waals surface area contributed by atoms with Crippen molar-refractivity contribution < 1.29 is 19.1 Å². The smallest absolute Gasteiger partial charge is 0.338 e. The van der Waals surface area contributed by atoms with Gasteiger partial charge in [-0.15, -0.1) is 12.8 Å². The Morgan fingerprint density at radius 1 is 1.07 bits per heavy atom. The van der Waals surface area contributed by atoms with Crippen molar-refractivity contribution in [1.82, 2.24) is 15.3 Å². The number of aromatic amines is 1. The Morgan fingerprint density at radius 2 is 1.73 bits per heavy atom. The molecule has 0 aliphatic carbocycles. The minimum atomic E-state index is -0.401. The average molecular weight is 658 g/mol. The van der Waals surface area contributed by atoms with Crippen molar-refractivity contribution in [2.24, 2.45) is 15.7 Å². The number of rotatable bonds is 9. The van der Waals surface area contributed by atoms with Crippen LogP contribution in [0.1, 0.15) is 40.4 Å². The van der Waals surface area contributed by atoms with Gasteiger partial charge in [0.1, 0.15) is 17.9 Å². The fourth-order valence-corrected chi connectivity index (χ4v) is 4.44. The highest BCUT2D eigenvalue weighted by Crippen LogP contribution is 2.31. The van der Waals surface area contributed by atoms with Gasteiger partial charge in [0.15, 0.2) is 0 Å². The van der Waals surface area contributed by atoms with E-state index in [1.54, 1.807) is 45.2 Å². The molecule has 0 spiro atoms. The molecule has 0 bridgehead atoms. The molecule has 4 rings (SSSR count). The maximum atomic E-state index is 12.6. The molecule has 4 aromatic rings. The van der Waals surface area contributed by atoms with E-state index in [-0.39, 0.29) is 21.6 Å². The number of terminal acetylenes is 1. The lowest BCUT2D eigenvalue weighted by atomic mass is 10.2. The van der Waals surface area contributed by atoms with Crippen molar-refractivity contribution in [2.75, 3.05) is 20.3 Å². The van der Waals surface area contributed by atoms with Gasteiger partial charge >= 0.3 is 5.97 Å². The number of ether oxygens (including phenoxy) is 2. The van der Waals surface area contributed by atoms with Gasteiger partial charge in [0.05, 0.1) is 62.5 Å². The molecular formula is C31H31Cl3N6O4. The number of nitrogens with zero attached hydrogens (tertiary/aromatic N) is 3. The van der Waals surface area contributed by atoms with E-state index < -0.39 is 5.91 Å². The Labute approximate surface area is 270 Å². The monoisotopic (exact) mass is 656 g/mol. The van der Waals surface area contributed by atoms with Gasteiger partial charge in [0.2, 0.25) is 0 Å². The lowest BCUT2D eigenvalue weighted by molar-refractivity contribution is 0.0526.